The monoisotopic (exact) mass is 391 g/mol. The topological polar surface area (TPSA) is 90.4 Å². The molecule has 2 aromatic rings. The zero-order valence-corrected chi connectivity index (χ0v) is 16.9. The number of hydrogen-bond acceptors (Lipinski definition) is 7. The first-order valence-electron chi connectivity index (χ1n) is 9.76. The summed E-state index contributed by atoms with van der Waals surface area (Å²) in [6.45, 7) is 8.25. The Labute approximate surface area is 164 Å². The van der Waals surface area contributed by atoms with E-state index in [1.165, 1.54) is 43.7 Å². The molecule has 1 aliphatic heterocycles. The third-order valence-electron chi connectivity index (χ3n) is 5.07. The lowest BCUT2D eigenvalue weighted by molar-refractivity contribution is 0.0917. The number of nitrogens with zero attached hydrogens (tertiary/aromatic N) is 3. The SMILES string of the molecule is CCC(O)CNC(=O)c1sc2ncnc(NCCN3CCCCC3)c2c1C. The van der Waals surface area contributed by atoms with Gasteiger partial charge in [0, 0.05) is 19.6 Å². The molecule has 0 aliphatic carbocycles. The van der Waals surface area contributed by atoms with Crippen LogP contribution in [0.5, 0.6) is 0 Å². The molecule has 0 spiro atoms. The molecule has 7 nitrogen and oxygen atoms in total. The molecule has 27 heavy (non-hydrogen) atoms. The molecular weight excluding hydrogens is 362 g/mol. The number of piperidine rings is 1. The van der Waals surface area contributed by atoms with Crippen molar-refractivity contribution in [2.24, 2.45) is 0 Å². The highest BCUT2D eigenvalue weighted by Gasteiger charge is 2.20. The molecule has 8 heteroatoms. The summed E-state index contributed by atoms with van der Waals surface area (Å²) in [6.07, 6.45) is 5.55. The maximum absolute atomic E-state index is 12.5. The van der Waals surface area contributed by atoms with E-state index in [4.69, 9.17) is 0 Å². The number of amides is 1. The molecule has 1 unspecified atom stereocenters. The molecule has 3 rings (SSSR count). The zero-order chi connectivity index (χ0) is 19.2. The number of carbonyl (C=O) groups excluding carboxylic acids is 1. The number of aliphatic hydroxyl groups excluding tert-OH is 1. The number of anilines is 1. The summed E-state index contributed by atoms with van der Waals surface area (Å²) in [6, 6.07) is 0. The third-order valence-corrected chi connectivity index (χ3v) is 6.27. The van der Waals surface area contributed by atoms with Crippen LogP contribution < -0.4 is 10.6 Å². The van der Waals surface area contributed by atoms with E-state index in [0.717, 1.165) is 34.7 Å². The molecule has 1 atom stereocenters. The maximum Gasteiger partial charge on any atom is 0.261 e. The normalized spacial score (nSPS) is 16.4. The van der Waals surface area contributed by atoms with Crippen LogP contribution in [0.3, 0.4) is 0 Å². The van der Waals surface area contributed by atoms with Gasteiger partial charge in [0.25, 0.3) is 5.91 Å². The molecular formula is C19H29N5O2S. The summed E-state index contributed by atoms with van der Waals surface area (Å²) >= 11 is 1.37. The summed E-state index contributed by atoms with van der Waals surface area (Å²) < 4.78 is 0. The maximum atomic E-state index is 12.5. The minimum Gasteiger partial charge on any atom is -0.391 e. The highest BCUT2D eigenvalue weighted by Crippen LogP contribution is 2.33. The molecule has 1 fully saturated rings. The highest BCUT2D eigenvalue weighted by atomic mass is 32.1. The molecule has 1 saturated heterocycles. The van der Waals surface area contributed by atoms with Crippen LogP contribution in [0.25, 0.3) is 10.2 Å². The Kier molecular flexibility index (Phi) is 6.98. The second kappa shape index (κ2) is 9.43. The average Bonchev–Trinajstić information content (AvgIpc) is 3.04. The van der Waals surface area contributed by atoms with E-state index < -0.39 is 6.10 Å². The van der Waals surface area contributed by atoms with Gasteiger partial charge in [-0.25, -0.2) is 9.97 Å². The van der Waals surface area contributed by atoms with Gasteiger partial charge in [-0.2, -0.15) is 0 Å². The molecule has 1 aliphatic rings. The van der Waals surface area contributed by atoms with E-state index in [9.17, 15) is 9.90 Å². The van der Waals surface area contributed by atoms with E-state index in [1.807, 2.05) is 13.8 Å². The summed E-state index contributed by atoms with van der Waals surface area (Å²) in [5, 5.41) is 16.8. The quantitative estimate of drug-likeness (QED) is 0.640. The summed E-state index contributed by atoms with van der Waals surface area (Å²) in [5.41, 5.74) is 0.888. The van der Waals surface area contributed by atoms with Crippen molar-refractivity contribution in [2.75, 3.05) is 38.0 Å². The predicted molar refractivity (Wildman–Crippen MR) is 110 cm³/mol. The lowest BCUT2D eigenvalue weighted by atomic mass is 10.1. The van der Waals surface area contributed by atoms with Gasteiger partial charge in [-0.05, 0) is 44.8 Å². The van der Waals surface area contributed by atoms with Gasteiger partial charge in [0.05, 0.1) is 16.4 Å². The Balaban J connectivity index is 1.69. The lowest BCUT2D eigenvalue weighted by Gasteiger charge is -2.26. The van der Waals surface area contributed by atoms with Crippen LogP contribution >= 0.6 is 11.3 Å². The Hall–Kier alpha value is -1.77. The van der Waals surface area contributed by atoms with Crippen molar-refractivity contribution in [3.8, 4) is 0 Å². The van der Waals surface area contributed by atoms with Gasteiger partial charge in [-0.1, -0.05) is 13.3 Å². The summed E-state index contributed by atoms with van der Waals surface area (Å²) in [4.78, 5) is 25.2. The lowest BCUT2D eigenvalue weighted by Crippen LogP contribution is -2.33. The molecule has 1 amide bonds. The first-order valence-corrected chi connectivity index (χ1v) is 10.6. The number of aromatic nitrogens is 2. The van der Waals surface area contributed by atoms with E-state index >= 15 is 0 Å². The number of nitrogens with one attached hydrogen (secondary N) is 2. The number of aliphatic hydroxyl groups is 1. The molecule has 148 valence electrons. The fraction of sp³-hybridized carbons (Fsp3) is 0.632. The number of aryl methyl sites for hydroxylation is 1. The smallest absolute Gasteiger partial charge is 0.261 e. The van der Waals surface area contributed by atoms with Gasteiger partial charge in [0.2, 0.25) is 0 Å². The van der Waals surface area contributed by atoms with Crippen LogP contribution in [-0.4, -0.2) is 64.7 Å². The van der Waals surface area contributed by atoms with Crippen LogP contribution in [0.15, 0.2) is 6.33 Å². The van der Waals surface area contributed by atoms with Crippen LogP contribution in [0.2, 0.25) is 0 Å². The van der Waals surface area contributed by atoms with Crippen molar-refractivity contribution >= 4 is 33.3 Å². The number of hydrogen-bond donors (Lipinski definition) is 3. The van der Waals surface area contributed by atoms with E-state index in [-0.39, 0.29) is 12.5 Å². The largest absolute Gasteiger partial charge is 0.391 e. The molecule has 3 N–H and O–H groups in total. The van der Waals surface area contributed by atoms with Crippen molar-refractivity contribution in [3.63, 3.8) is 0 Å². The van der Waals surface area contributed by atoms with E-state index in [1.54, 1.807) is 6.33 Å². The van der Waals surface area contributed by atoms with Crippen LogP contribution in [0.1, 0.15) is 47.8 Å². The number of thiophene rings is 1. The van der Waals surface area contributed by atoms with Gasteiger partial charge >= 0.3 is 0 Å². The fourth-order valence-electron chi connectivity index (χ4n) is 3.37. The first-order chi connectivity index (χ1) is 13.1. The Morgan fingerprint density at radius 2 is 2.11 bits per heavy atom. The van der Waals surface area contributed by atoms with Crippen molar-refractivity contribution in [2.45, 2.75) is 45.6 Å². The van der Waals surface area contributed by atoms with Crippen LogP contribution in [0, 0.1) is 6.92 Å². The fourth-order valence-corrected chi connectivity index (χ4v) is 4.44. The Morgan fingerprint density at radius 1 is 1.33 bits per heavy atom. The predicted octanol–water partition coefficient (Wildman–Crippen LogP) is 2.40. The van der Waals surface area contributed by atoms with Crippen LogP contribution in [-0.2, 0) is 0 Å². The summed E-state index contributed by atoms with van der Waals surface area (Å²) in [5.74, 6) is 0.626. The van der Waals surface area contributed by atoms with Crippen molar-refractivity contribution in [3.05, 3.63) is 16.8 Å². The first kappa shape index (κ1) is 20.0. The zero-order valence-electron chi connectivity index (χ0n) is 16.1. The minimum absolute atomic E-state index is 0.165. The second-order valence-electron chi connectivity index (χ2n) is 7.06. The number of rotatable bonds is 8. The van der Waals surface area contributed by atoms with Gasteiger partial charge in [-0.15, -0.1) is 11.3 Å². The standard InChI is InChI=1S/C19H29N5O2S/c1-3-14(25)11-21-18(26)16-13(2)15-17(22-12-23-19(15)27-16)20-7-10-24-8-5-4-6-9-24/h12,14,25H,3-11H2,1-2H3,(H,21,26)(H,20,22,23). The van der Waals surface area contributed by atoms with Gasteiger partial charge in [-0.3, -0.25) is 4.79 Å². The van der Waals surface area contributed by atoms with Gasteiger partial charge in [0.1, 0.15) is 17.0 Å². The van der Waals surface area contributed by atoms with E-state index in [2.05, 4.69) is 25.5 Å². The number of carbonyl (C=O) groups is 1. The van der Waals surface area contributed by atoms with Gasteiger partial charge in [0.15, 0.2) is 0 Å². The second-order valence-corrected chi connectivity index (χ2v) is 8.06. The van der Waals surface area contributed by atoms with Crippen molar-refractivity contribution in [1.82, 2.24) is 20.2 Å². The number of fused-ring (bicyclic) bond motifs is 1. The number of likely N-dealkylation sites (tertiary alicyclic amines) is 1. The summed E-state index contributed by atoms with van der Waals surface area (Å²) in [7, 11) is 0. The van der Waals surface area contributed by atoms with Crippen molar-refractivity contribution < 1.29 is 9.90 Å². The molecule has 0 bridgehead atoms. The minimum atomic E-state index is -0.518. The molecule has 0 aromatic carbocycles. The van der Waals surface area contributed by atoms with Crippen molar-refractivity contribution in [1.29, 1.82) is 0 Å². The van der Waals surface area contributed by atoms with Gasteiger partial charge < -0.3 is 20.6 Å². The molecule has 0 radical (unpaired) electrons. The Morgan fingerprint density at radius 3 is 2.85 bits per heavy atom. The van der Waals surface area contributed by atoms with E-state index in [0.29, 0.717) is 11.3 Å². The average molecular weight is 392 g/mol. The Bertz CT molecular complexity index is 773. The third kappa shape index (κ3) is 4.94. The highest BCUT2D eigenvalue weighted by molar-refractivity contribution is 7.20. The molecule has 2 aromatic heterocycles. The molecule has 3 heterocycles. The molecule has 0 saturated carbocycles. The van der Waals surface area contributed by atoms with Crippen LogP contribution in [0.4, 0.5) is 5.82 Å².